The Morgan fingerprint density at radius 2 is 2.12 bits per heavy atom. The van der Waals surface area contributed by atoms with Crippen molar-refractivity contribution in [1.82, 2.24) is 0 Å². The van der Waals surface area contributed by atoms with Gasteiger partial charge in [0.05, 0.1) is 18.6 Å². The first-order valence-corrected chi connectivity index (χ1v) is 5.39. The van der Waals surface area contributed by atoms with Gasteiger partial charge in [-0.2, -0.15) is 0 Å². The summed E-state index contributed by atoms with van der Waals surface area (Å²) in [7, 11) is 1.24. The van der Waals surface area contributed by atoms with Crippen molar-refractivity contribution in [1.29, 1.82) is 0 Å². The number of rotatable bonds is 4. The van der Waals surface area contributed by atoms with Gasteiger partial charge in [-0.05, 0) is 18.2 Å². The lowest BCUT2D eigenvalue weighted by Crippen LogP contribution is -2.17. The van der Waals surface area contributed by atoms with Crippen LogP contribution in [0, 0.1) is 11.7 Å². The Bertz CT molecular complexity index is 445. The SMILES string of the molecule is COC(=O)C(C)CC(=O)c1cc(Cl)ccc1F. The maximum absolute atomic E-state index is 13.4. The topological polar surface area (TPSA) is 43.4 Å². The van der Waals surface area contributed by atoms with Crippen LogP contribution >= 0.6 is 11.6 Å². The van der Waals surface area contributed by atoms with Crippen molar-refractivity contribution < 1.29 is 18.7 Å². The molecule has 1 atom stereocenters. The average molecular weight is 259 g/mol. The smallest absolute Gasteiger partial charge is 0.308 e. The van der Waals surface area contributed by atoms with Crippen molar-refractivity contribution in [3.05, 3.63) is 34.6 Å². The second kappa shape index (κ2) is 5.77. The number of carbonyl (C=O) groups is 2. The summed E-state index contributed by atoms with van der Waals surface area (Å²) in [5, 5.41) is 0.278. The third kappa shape index (κ3) is 3.53. The highest BCUT2D eigenvalue weighted by atomic mass is 35.5. The summed E-state index contributed by atoms with van der Waals surface area (Å²) in [4.78, 5) is 22.9. The fourth-order valence-electron chi connectivity index (χ4n) is 1.38. The van der Waals surface area contributed by atoms with Crippen molar-refractivity contribution in [3.63, 3.8) is 0 Å². The molecule has 17 heavy (non-hydrogen) atoms. The number of ketones is 1. The van der Waals surface area contributed by atoms with Crippen LogP contribution in [0.25, 0.3) is 0 Å². The number of methoxy groups -OCH3 is 1. The number of benzene rings is 1. The number of esters is 1. The van der Waals surface area contributed by atoms with E-state index in [9.17, 15) is 14.0 Å². The standard InChI is InChI=1S/C12H12ClFO3/c1-7(12(16)17-2)5-11(15)9-6-8(13)3-4-10(9)14/h3-4,6-7H,5H2,1-2H3. The van der Waals surface area contributed by atoms with Gasteiger partial charge < -0.3 is 4.74 Å². The number of halogens is 2. The summed E-state index contributed by atoms with van der Waals surface area (Å²) in [6, 6.07) is 3.74. The second-order valence-corrected chi connectivity index (χ2v) is 4.11. The molecule has 0 bridgehead atoms. The molecule has 0 spiro atoms. The highest BCUT2D eigenvalue weighted by molar-refractivity contribution is 6.31. The fourth-order valence-corrected chi connectivity index (χ4v) is 1.56. The summed E-state index contributed by atoms with van der Waals surface area (Å²) in [5.41, 5.74) is -0.103. The highest BCUT2D eigenvalue weighted by Gasteiger charge is 2.20. The number of Topliss-reactive ketones (excluding diaryl/α,β-unsaturated/α-hetero) is 1. The average Bonchev–Trinajstić information content (AvgIpc) is 2.30. The molecule has 0 aliphatic carbocycles. The predicted molar refractivity (Wildman–Crippen MR) is 61.5 cm³/mol. The number of hydrogen-bond donors (Lipinski definition) is 0. The summed E-state index contributed by atoms with van der Waals surface area (Å²) < 4.78 is 17.8. The van der Waals surface area contributed by atoms with Crippen LogP contribution in [0.2, 0.25) is 5.02 Å². The second-order valence-electron chi connectivity index (χ2n) is 3.68. The van der Waals surface area contributed by atoms with E-state index in [0.29, 0.717) is 0 Å². The molecule has 0 aromatic heterocycles. The third-order valence-corrected chi connectivity index (χ3v) is 2.56. The van der Waals surface area contributed by atoms with Crippen molar-refractivity contribution in [3.8, 4) is 0 Å². The van der Waals surface area contributed by atoms with Crippen LogP contribution in [0.15, 0.2) is 18.2 Å². The molecule has 5 heteroatoms. The van der Waals surface area contributed by atoms with Gasteiger partial charge in [0.15, 0.2) is 5.78 Å². The molecule has 0 N–H and O–H groups in total. The van der Waals surface area contributed by atoms with Gasteiger partial charge in [-0.15, -0.1) is 0 Å². The zero-order valence-corrected chi connectivity index (χ0v) is 10.3. The third-order valence-electron chi connectivity index (χ3n) is 2.32. The zero-order chi connectivity index (χ0) is 13.0. The van der Waals surface area contributed by atoms with Crippen LogP contribution in [-0.4, -0.2) is 18.9 Å². The molecule has 0 radical (unpaired) electrons. The molecule has 0 heterocycles. The van der Waals surface area contributed by atoms with E-state index in [0.717, 1.165) is 6.07 Å². The van der Waals surface area contributed by atoms with Gasteiger partial charge >= 0.3 is 5.97 Å². The van der Waals surface area contributed by atoms with Crippen molar-refractivity contribution in [2.45, 2.75) is 13.3 Å². The highest BCUT2D eigenvalue weighted by Crippen LogP contribution is 2.18. The molecular weight excluding hydrogens is 247 g/mol. The van der Waals surface area contributed by atoms with Gasteiger partial charge in [0.2, 0.25) is 0 Å². The van der Waals surface area contributed by atoms with Gasteiger partial charge in [0.1, 0.15) is 5.82 Å². The summed E-state index contributed by atoms with van der Waals surface area (Å²) in [5.74, 6) is -2.22. The zero-order valence-electron chi connectivity index (χ0n) is 9.50. The minimum Gasteiger partial charge on any atom is -0.469 e. The lowest BCUT2D eigenvalue weighted by Gasteiger charge is -2.08. The van der Waals surface area contributed by atoms with E-state index in [-0.39, 0.29) is 17.0 Å². The van der Waals surface area contributed by atoms with E-state index in [4.69, 9.17) is 11.6 Å². The van der Waals surface area contributed by atoms with Crippen LogP contribution in [0.4, 0.5) is 4.39 Å². The van der Waals surface area contributed by atoms with Crippen molar-refractivity contribution in [2.24, 2.45) is 5.92 Å². The molecule has 0 saturated heterocycles. The Morgan fingerprint density at radius 3 is 2.71 bits per heavy atom. The Morgan fingerprint density at radius 1 is 1.47 bits per heavy atom. The van der Waals surface area contributed by atoms with E-state index in [1.54, 1.807) is 6.92 Å². The summed E-state index contributed by atoms with van der Waals surface area (Å²) in [6.45, 7) is 1.55. The largest absolute Gasteiger partial charge is 0.469 e. The first-order valence-electron chi connectivity index (χ1n) is 5.01. The Hall–Kier alpha value is -1.42. The predicted octanol–water partition coefficient (Wildman–Crippen LogP) is 2.86. The number of hydrogen-bond acceptors (Lipinski definition) is 3. The normalized spacial score (nSPS) is 12.0. The van der Waals surface area contributed by atoms with Crippen LogP contribution in [0.5, 0.6) is 0 Å². The number of ether oxygens (including phenoxy) is 1. The van der Waals surface area contributed by atoms with Gasteiger partial charge in [-0.3, -0.25) is 9.59 Å². The summed E-state index contributed by atoms with van der Waals surface area (Å²) >= 11 is 5.68. The summed E-state index contributed by atoms with van der Waals surface area (Å²) in [6.07, 6.45) is -0.107. The van der Waals surface area contributed by atoms with Gasteiger partial charge in [-0.1, -0.05) is 18.5 Å². The molecule has 0 saturated carbocycles. The van der Waals surface area contributed by atoms with Crippen LogP contribution in [0.1, 0.15) is 23.7 Å². The Balaban J connectivity index is 2.83. The van der Waals surface area contributed by atoms with Crippen LogP contribution in [0.3, 0.4) is 0 Å². The molecule has 3 nitrogen and oxygen atoms in total. The molecule has 92 valence electrons. The van der Waals surface area contributed by atoms with Crippen molar-refractivity contribution >= 4 is 23.4 Å². The van der Waals surface area contributed by atoms with Gasteiger partial charge in [0.25, 0.3) is 0 Å². The molecule has 1 rings (SSSR count). The molecule has 0 fully saturated rings. The van der Waals surface area contributed by atoms with Crippen molar-refractivity contribution in [2.75, 3.05) is 7.11 Å². The first-order chi connectivity index (χ1) is 7.95. The lowest BCUT2D eigenvalue weighted by molar-refractivity contribution is -0.144. The molecule has 0 aliphatic rings. The molecule has 0 amide bonds. The van der Waals surface area contributed by atoms with E-state index in [1.807, 2.05) is 0 Å². The maximum Gasteiger partial charge on any atom is 0.308 e. The van der Waals surface area contributed by atoms with Gasteiger partial charge in [-0.25, -0.2) is 4.39 Å². The maximum atomic E-state index is 13.4. The first kappa shape index (κ1) is 13.6. The van der Waals surface area contributed by atoms with Crippen LogP contribution < -0.4 is 0 Å². The minimum atomic E-state index is -0.642. The Labute approximate surface area is 104 Å². The lowest BCUT2D eigenvalue weighted by atomic mass is 9.99. The van der Waals surface area contributed by atoms with E-state index >= 15 is 0 Å². The van der Waals surface area contributed by atoms with E-state index in [2.05, 4.69) is 4.74 Å². The minimum absolute atomic E-state index is 0.103. The molecule has 1 unspecified atom stereocenters. The Kier molecular flexibility index (Phi) is 4.63. The quantitative estimate of drug-likeness (QED) is 0.616. The monoisotopic (exact) mass is 258 g/mol. The van der Waals surface area contributed by atoms with Gasteiger partial charge in [0, 0.05) is 11.4 Å². The molecule has 1 aromatic carbocycles. The molecule has 1 aromatic rings. The molecule has 0 aliphatic heterocycles. The molecular formula is C12H12ClFO3. The van der Waals surface area contributed by atoms with E-state index in [1.165, 1.54) is 19.2 Å². The number of carbonyl (C=O) groups excluding carboxylic acids is 2. The fraction of sp³-hybridized carbons (Fsp3) is 0.333. The van der Waals surface area contributed by atoms with Crippen LogP contribution in [-0.2, 0) is 9.53 Å². The van der Waals surface area contributed by atoms with E-state index < -0.39 is 23.5 Å².